The monoisotopic (exact) mass is 405 g/mol. The second-order valence-electron chi connectivity index (χ2n) is 6.50. The van der Waals surface area contributed by atoms with Crippen molar-refractivity contribution in [1.82, 2.24) is 9.78 Å². The van der Waals surface area contributed by atoms with E-state index >= 15 is 0 Å². The van der Waals surface area contributed by atoms with Crippen molar-refractivity contribution in [2.75, 3.05) is 11.9 Å². The summed E-state index contributed by atoms with van der Waals surface area (Å²) in [6.45, 7) is 2.95. The second-order valence-corrected chi connectivity index (χ2v) is 7.75. The highest BCUT2D eigenvalue weighted by Crippen LogP contribution is 2.40. The van der Waals surface area contributed by atoms with Crippen LogP contribution in [0.4, 0.5) is 5.82 Å². The van der Waals surface area contributed by atoms with E-state index in [1.807, 2.05) is 48.0 Å². The minimum absolute atomic E-state index is 0.613. The molecule has 26 heavy (non-hydrogen) atoms. The van der Waals surface area contributed by atoms with Gasteiger partial charge in [0.15, 0.2) is 0 Å². The number of fused-ring (bicyclic) bond motifs is 1. The average molecular weight is 407 g/mol. The number of nitrogens with zero attached hydrogens (tertiary/aromatic N) is 2. The van der Waals surface area contributed by atoms with Crippen molar-refractivity contribution in [3.8, 4) is 16.9 Å². The van der Waals surface area contributed by atoms with Crippen LogP contribution in [0.3, 0.4) is 0 Å². The van der Waals surface area contributed by atoms with E-state index in [4.69, 9.17) is 39.9 Å². The molecule has 2 heterocycles. The van der Waals surface area contributed by atoms with Crippen LogP contribution in [0.2, 0.25) is 15.1 Å². The zero-order valence-electron chi connectivity index (χ0n) is 14.3. The summed E-state index contributed by atoms with van der Waals surface area (Å²) in [6.07, 6.45) is 3.15. The van der Waals surface area contributed by atoms with Gasteiger partial charge in [-0.2, -0.15) is 5.10 Å². The van der Waals surface area contributed by atoms with Gasteiger partial charge in [-0.1, -0.05) is 40.9 Å². The van der Waals surface area contributed by atoms with Gasteiger partial charge in [-0.25, -0.2) is 4.68 Å². The molecule has 2 aromatic carbocycles. The van der Waals surface area contributed by atoms with E-state index in [-0.39, 0.29) is 0 Å². The minimum atomic E-state index is 0.613. The number of hydrogen-bond donors (Lipinski definition) is 1. The maximum Gasteiger partial charge on any atom is 0.133 e. The molecule has 0 spiro atoms. The molecule has 1 aliphatic rings. The summed E-state index contributed by atoms with van der Waals surface area (Å²) < 4.78 is 1.96. The molecule has 0 saturated heterocycles. The van der Waals surface area contributed by atoms with E-state index in [2.05, 4.69) is 5.32 Å². The van der Waals surface area contributed by atoms with Gasteiger partial charge in [-0.3, -0.25) is 0 Å². The Balaban J connectivity index is 1.98. The fourth-order valence-corrected chi connectivity index (χ4v) is 4.26. The van der Waals surface area contributed by atoms with Crippen molar-refractivity contribution in [1.29, 1.82) is 0 Å². The Kier molecular flexibility index (Phi) is 4.87. The summed E-state index contributed by atoms with van der Waals surface area (Å²) in [4.78, 5) is 0. The van der Waals surface area contributed by atoms with Crippen LogP contribution in [0.15, 0.2) is 36.4 Å². The van der Waals surface area contributed by atoms with Gasteiger partial charge in [-0.05, 0) is 62.1 Å². The smallest absolute Gasteiger partial charge is 0.133 e. The summed E-state index contributed by atoms with van der Waals surface area (Å²) >= 11 is 19.1. The van der Waals surface area contributed by atoms with Gasteiger partial charge in [0.05, 0.1) is 15.7 Å². The van der Waals surface area contributed by atoms with Crippen LogP contribution in [0.25, 0.3) is 16.9 Å². The lowest BCUT2D eigenvalue weighted by Crippen LogP contribution is -2.08. The zero-order chi connectivity index (χ0) is 18.3. The Morgan fingerprint density at radius 3 is 2.54 bits per heavy atom. The number of benzene rings is 2. The van der Waals surface area contributed by atoms with Gasteiger partial charge in [0.25, 0.3) is 0 Å². The van der Waals surface area contributed by atoms with E-state index < -0.39 is 0 Å². The lowest BCUT2D eigenvalue weighted by Gasteiger charge is -2.11. The molecule has 0 saturated carbocycles. The van der Waals surface area contributed by atoms with Crippen LogP contribution < -0.4 is 5.32 Å². The highest BCUT2D eigenvalue weighted by Gasteiger charge is 2.24. The van der Waals surface area contributed by atoms with Gasteiger partial charge in [-0.15, -0.1) is 0 Å². The highest BCUT2D eigenvalue weighted by molar-refractivity contribution is 6.39. The first-order chi connectivity index (χ1) is 12.6. The zero-order valence-corrected chi connectivity index (χ0v) is 16.6. The normalized spacial score (nSPS) is 13.8. The van der Waals surface area contributed by atoms with Crippen molar-refractivity contribution in [2.24, 2.45) is 0 Å². The molecule has 0 atom stereocenters. The SMILES string of the molecule is Cc1cc(Cl)ccc1-n1nc(-c2c(Cl)cccc2Cl)c2c1NCCCC2. The average Bonchev–Trinajstić information content (AvgIpc) is 2.78. The largest absolute Gasteiger partial charge is 0.370 e. The third-order valence-corrected chi connectivity index (χ3v) is 5.58. The molecular formula is C20H18Cl3N3. The maximum atomic E-state index is 6.48. The molecule has 3 nitrogen and oxygen atoms in total. The van der Waals surface area contributed by atoms with Crippen molar-refractivity contribution in [2.45, 2.75) is 26.2 Å². The van der Waals surface area contributed by atoms with E-state index in [9.17, 15) is 0 Å². The van der Waals surface area contributed by atoms with Crippen LogP contribution in [-0.4, -0.2) is 16.3 Å². The van der Waals surface area contributed by atoms with E-state index in [0.717, 1.165) is 59.7 Å². The van der Waals surface area contributed by atoms with Crippen LogP contribution >= 0.6 is 34.8 Å². The fraction of sp³-hybridized carbons (Fsp3) is 0.250. The first kappa shape index (κ1) is 17.7. The third kappa shape index (κ3) is 3.09. The molecule has 0 radical (unpaired) electrons. The number of anilines is 1. The number of aromatic nitrogens is 2. The van der Waals surface area contributed by atoms with Crippen molar-refractivity contribution in [3.05, 3.63) is 62.6 Å². The van der Waals surface area contributed by atoms with E-state index in [1.165, 1.54) is 0 Å². The molecule has 0 bridgehead atoms. The summed E-state index contributed by atoms with van der Waals surface area (Å²) in [5.41, 5.74) is 4.85. The Hall–Kier alpha value is -1.68. The van der Waals surface area contributed by atoms with Crippen molar-refractivity contribution >= 4 is 40.6 Å². The molecule has 0 aliphatic carbocycles. The summed E-state index contributed by atoms with van der Waals surface area (Å²) in [5, 5.41) is 10.4. The summed E-state index contributed by atoms with van der Waals surface area (Å²) in [7, 11) is 0. The molecule has 1 aliphatic heterocycles. The Morgan fingerprint density at radius 1 is 1.04 bits per heavy atom. The first-order valence-electron chi connectivity index (χ1n) is 8.63. The molecular weight excluding hydrogens is 389 g/mol. The lowest BCUT2D eigenvalue weighted by molar-refractivity contribution is 0.779. The van der Waals surface area contributed by atoms with Gasteiger partial charge in [0, 0.05) is 22.7 Å². The van der Waals surface area contributed by atoms with E-state index in [0.29, 0.717) is 15.1 Å². The Bertz CT molecular complexity index is 958. The van der Waals surface area contributed by atoms with Gasteiger partial charge < -0.3 is 5.32 Å². The Morgan fingerprint density at radius 2 is 1.81 bits per heavy atom. The molecule has 0 amide bonds. The third-order valence-electron chi connectivity index (χ3n) is 4.72. The predicted molar refractivity (Wildman–Crippen MR) is 110 cm³/mol. The molecule has 3 aromatic rings. The number of hydrogen-bond acceptors (Lipinski definition) is 2. The van der Waals surface area contributed by atoms with Gasteiger partial charge >= 0.3 is 0 Å². The van der Waals surface area contributed by atoms with Crippen LogP contribution in [0.1, 0.15) is 24.0 Å². The number of nitrogens with one attached hydrogen (secondary N) is 1. The molecule has 0 fully saturated rings. The molecule has 1 N–H and O–H groups in total. The number of aryl methyl sites for hydroxylation is 1. The standard InChI is InChI=1S/C20H18Cl3N3/c1-12-11-13(21)8-9-17(12)26-20-14(5-2-3-10-24-20)19(25-26)18-15(22)6-4-7-16(18)23/h4,6-9,11,24H,2-3,5,10H2,1H3. The molecule has 134 valence electrons. The predicted octanol–water partition coefficient (Wildman–Crippen LogP) is 6.56. The molecule has 6 heteroatoms. The second kappa shape index (κ2) is 7.15. The quantitative estimate of drug-likeness (QED) is 0.522. The number of halogens is 3. The molecule has 4 rings (SSSR count). The molecule has 0 unspecified atom stereocenters. The van der Waals surface area contributed by atoms with E-state index in [1.54, 1.807) is 0 Å². The summed E-state index contributed by atoms with van der Waals surface area (Å²) in [5.74, 6) is 1.01. The van der Waals surface area contributed by atoms with Crippen LogP contribution in [0.5, 0.6) is 0 Å². The Labute approximate surface area is 167 Å². The number of rotatable bonds is 2. The fourth-order valence-electron chi connectivity index (χ4n) is 3.46. The van der Waals surface area contributed by atoms with Gasteiger partial charge in [0.1, 0.15) is 11.5 Å². The van der Waals surface area contributed by atoms with Crippen LogP contribution in [-0.2, 0) is 6.42 Å². The lowest BCUT2D eigenvalue weighted by atomic mass is 10.0. The maximum absolute atomic E-state index is 6.48. The minimum Gasteiger partial charge on any atom is -0.370 e. The van der Waals surface area contributed by atoms with Gasteiger partial charge in [0.2, 0.25) is 0 Å². The first-order valence-corrected chi connectivity index (χ1v) is 9.76. The van der Waals surface area contributed by atoms with Crippen molar-refractivity contribution < 1.29 is 0 Å². The topological polar surface area (TPSA) is 29.9 Å². The highest BCUT2D eigenvalue weighted by atomic mass is 35.5. The van der Waals surface area contributed by atoms with Crippen molar-refractivity contribution in [3.63, 3.8) is 0 Å². The summed E-state index contributed by atoms with van der Waals surface area (Å²) in [6, 6.07) is 11.4. The van der Waals surface area contributed by atoms with Crippen LogP contribution in [0, 0.1) is 6.92 Å². The molecule has 1 aromatic heterocycles.